The third-order valence-electron chi connectivity index (χ3n) is 11.7. The van der Waals surface area contributed by atoms with Crippen molar-refractivity contribution in [1.82, 2.24) is 30.3 Å². The maximum atomic E-state index is 13.7. The number of anilines is 2. The minimum Gasteiger partial charge on any atom is -0.449 e. The zero-order chi connectivity index (χ0) is 57.5. The molecule has 448 valence electrons. The molecule has 0 radical (unpaired) electrons. The second kappa shape index (κ2) is 36.5. The number of amides is 4. The lowest BCUT2D eigenvalue weighted by Crippen LogP contribution is -2.64. The van der Waals surface area contributed by atoms with Crippen molar-refractivity contribution in [3.05, 3.63) is 48.5 Å². The fourth-order valence-electron chi connectivity index (χ4n) is 7.63. The number of benzene rings is 1. The van der Waals surface area contributed by atoms with Crippen molar-refractivity contribution >= 4 is 63.2 Å². The normalized spacial score (nSPS) is 16.2. The Morgan fingerprint density at radius 2 is 1.25 bits per heavy atom. The predicted octanol–water partition coefficient (Wildman–Crippen LogP) is 4.13. The SMILES string of the molecule is CC(C)(C)N1CCNC(C(=O)N2CCN(C(=O)Nc3nc(C(F)(F)F)c(Cl)s3)C(CCOC(=O)NCCOCCOCCOCCOCCOCCOCCOCCOCCOCCNc3ccc([N+](=O)[O-])cc3[N+](=O)[O-])C2)C1. The molecule has 1 aromatic carbocycles. The number of thiazole rings is 1. The van der Waals surface area contributed by atoms with Gasteiger partial charge >= 0.3 is 18.3 Å². The molecule has 32 heteroatoms. The van der Waals surface area contributed by atoms with Crippen molar-refractivity contribution in [2.75, 3.05) is 189 Å². The summed E-state index contributed by atoms with van der Waals surface area (Å²) in [5.74, 6) is -0.141. The average molecular weight is 1180 g/mol. The second-order valence-electron chi connectivity index (χ2n) is 18.3. The van der Waals surface area contributed by atoms with Gasteiger partial charge in [0.05, 0.1) is 154 Å². The molecule has 2 fully saturated rings. The number of urea groups is 1. The number of nitro benzene ring substituents is 2. The maximum absolute atomic E-state index is 13.7. The van der Waals surface area contributed by atoms with Crippen LogP contribution in [-0.2, 0) is 58.3 Å². The molecular weight excluding hydrogens is 1100 g/mol. The molecule has 0 spiro atoms. The first-order chi connectivity index (χ1) is 37.8. The lowest BCUT2D eigenvalue weighted by atomic mass is 10.0. The van der Waals surface area contributed by atoms with E-state index in [4.69, 9.17) is 59.0 Å². The van der Waals surface area contributed by atoms with Gasteiger partial charge in [0.15, 0.2) is 10.8 Å². The molecule has 0 bridgehead atoms. The van der Waals surface area contributed by atoms with E-state index in [1.807, 2.05) is 0 Å². The number of non-ortho nitro benzene ring substituents is 1. The Kier molecular flexibility index (Phi) is 30.7. The monoisotopic (exact) mass is 1170 g/mol. The van der Waals surface area contributed by atoms with E-state index in [1.165, 1.54) is 17.0 Å². The van der Waals surface area contributed by atoms with Crippen LogP contribution in [0.25, 0.3) is 0 Å². The number of alkyl carbamates (subject to hydrolysis) is 1. The molecule has 2 aliphatic rings. The summed E-state index contributed by atoms with van der Waals surface area (Å²) in [5.41, 5.74) is -2.04. The molecule has 4 N–H and O–H groups in total. The van der Waals surface area contributed by atoms with E-state index in [0.717, 1.165) is 12.6 Å². The van der Waals surface area contributed by atoms with Crippen molar-refractivity contribution < 1.29 is 84.8 Å². The van der Waals surface area contributed by atoms with Gasteiger partial charge in [-0.1, -0.05) is 22.9 Å². The summed E-state index contributed by atoms with van der Waals surface area (Å²) < 4.78 is 94.0. The molecule has 2 aliphatic heterocycles. The lowest BCUT2D eigenvalue weighted by Gasteiger charge is -2.45. The number of rotatable bonds is 38. The van der Waals surface area contributed by atoms with Gasteiger partial charge in [-0.05, 0) is 26.8 Å². The molecule has 1 aromatic heterocycles. The van der Waals surface area contributed by atoms with E-state index in [2.05, 4.69) is 51.9 Å². The first-order valence-electron chi connectivity index (χ1n) is 25.7. The standard InChI is InChI=1S/C47H74ClF3N10O17S/c1-46(2,3)58-10-7-52-38(34-58)42(62)57-11-12-59(44(63)56-43-55-40(41(48)79-43)47(49,50)51)36(33-57)6-13-78-45(64)54-9-15-70-17-19-72-21-23-74-25-27-76-29-31-77-30-28-75-26-24-73-22-20-71-18-16-69-14-8-53-37-5-4-35(60(65)66)32-39(37)61(67)68/h4-5,32,36,38,52-53H,6-31,33-34H2,1-3H3,(H,54,64)(H,55,56,63). The quantitative estimate of drug-likeness (QED) is 0.0417. The molecule has 2 unspecified atom stereocenters. The van der Waals surface area contributed by atoms with Crippen LogP contribution in [0.4, 0.5) is 45.0 Å². The number of halogens is 4. The Labute approximate surface area is 464 Å². The van der Waals surface area contributed by atoms with Gasteiger partial charge < -0.3 is 73.1 Å². The first kappa shape index (κ1) is 66.6. The lowest BCUT2D eigenvalue weighted by molar-refractivity contribution is -0.393. The van der Waals surface area contributed by atoms with Crippen LogP contribution in [0.2, 0.25) is 4.34 Å². The number of nitrogens with zero attached hydrogens (tertiary/aromatic N) is 6. The van der Waals surface area contributed by atoms with Gasteiger partial charge in [0.25, 0.3) is 11.4 Å². The van der Waals surface area contributed by atoms with Crippen molar-refractivity contribution in [1.29, 1.82) is 0 Å². The minimum atomic E-state index is -4.80. The highest BCUT2D eigenvalue weighted by molar-refractivity contribution is 7.19. The van der Waals surface area contributed by atoms with E-state index >= 15 is 0 Å². The summed E-state index contributed by atoms with van der Waals surface area (Å²) in [5, 5.41) is 32.9. The Morgan fingerprint density at radius 3 is 1.73 bits per heavy atom. The molecule has 27 nitrogen and oxygen atoms in total. The first-order valence-corrected chi connectivity index (χ1v) is 26.9. The molecule has 3 heterocycles. The highest BCUT2D eigenvalue weighted by Gasteiger charge is 2.40. The second-order valence-corrected chi connectivity index (χ2v) is 19.9. The van der Waals surface area contributed by atoms with Gasteiger partial charge in [-0.25, -0.2) is 14.6 Å². The van der Waals surface area contributed by atoms with E-state index in [0.29, 0.717) is 124 Å². The highest BCUT2D eigenvalue weighted by atomic mass is 35.5. The number of nitrogens with one attached hydrogen (secondary N) is 4. The number of hydrogen-bond donors (Lipinski definition) is 4. The molecule has 0 aliphatic carbocycles. The smallest absolute Gasteiger partial charge is 0.435 e. The van der Waals surface area contributed by atoms with E-state index < -0.39 is 50.3 Å². The van der Waals surface area contributed by atoms with Crippen LogP contribution in [0.15, 0.2) is 18.2 Å². The summed E-state index contributed by atoms with van der Waals surface area (Å²) in [7, 11) is 0. The minimum absolute atomic E-state index is 0.0686. The van der Waals surface area contributed by atoms with Crippen molar-refractivity contribution in [2.45, 2.75) is 51.0 Å². The summed E-state index contributed by atoms with van der Waals surface area (Å²) >= 11 is 6.25. The van der Waals surface area contributed by atoms with Crippen LogP contribution >= 0.6 is 22.9 Å². The Balaban J connectivity index is 0.917. The fourth-order valence-corrected chi connectivity index (χ4v) is 8.70. The molecule has 0 saturated carbocycles. The topological polar surface area (TPSA) is 301 Å². The molecule has 4 amide bonds. The molecule has 79 heavy (non-hydrogen) atoms. The molecule has 2 aromatic rings. The Bertz CT molecular complexity index is 2150. The van der Waals surface area contributed by atoms with Gasteiger partial charge in [-0.15, -0.1) is 0 Å². The van der Waals surface area contributed by atoms with Gasteiger partial charge in [0, 0.05) is 70.4 Å². The van der Waals surface area contributed by atoms with Crippen LogP contribution in [0.1, 0.15) is 32.9 Å². The van der Waals surface area contributed by atoms with Gasteiger partial charge in [-0.3, -0.25) is 35.2 Å². The predicted molar refractivity (Wildman–Crippen MR) is 281 cm³/mol. The van der Waals surface area contributed by atoms with Crippen molar-refractivity contribution in [3.8, 4) is 0 Å². The van der Waals surface area contributed by atoms with E-state index in [1.54, 1.807) is 4.90 Å². The average Bonchev–Trinajstić information content (AvgIpc) is 3.84. The maximum Gasteiger partial charge on any atom is 0.435 e. The van der Waals surface area contributed by atoms with Crippen LogP contribution in [0.3, 0.4) is 0 Å². The number of carbonyl (C=O) groups is 3. The molecule has 2 atom stereocenters. The number of carbonyl (C=O) groups excluding carboxylic acids is 3. The number of piperazine rings is 2. The summed E-state index contributed by atoms with van der Waals surface area (Å²) in [6, 6.07) is 1.53. The number of hydrogen-bond acceptors (Lipinski definition) is 22. The van der Waals surface area contributed by atoms with Gasteiger partial charge in [0.2, 0.25) is 5.91 Å². The fraction of sp³-hybridized carbons (Fsp3) is 0.745. The number of ether oxygens (including phenoxy) is 10. The summed E-state index contributed by atoms with van der Waals surface area (Å²) in [6.45, 7) is 15.0. The van der Waals surface area contributed by atoms with E-state index in [9.17, 15) is 47.8 Å². The third kappa shape index (κ3) is 26.1. The molecule has 4 rings (SSSR count). The van der Waals surface area contributed by atoms with Crippen LogP contribution < -0.4 is 21.3 Å². The van der Waals surface area contributed by atoms with Gasteiger partial charge in [-0.2, -0.15) is 13.2 Å². The van der Waals surface area contributed by atoms with Crippen LogP contribution in [-0.4, -0.2) is 243 Å². The number of nitro groups is 2. The number of alkyl halides is 3. The zero-order valence-corrected chi connectivity index (χ0v) is 46.3. The Hall–Kier alpha value is -4.90. The Morgan fingerprint density at radius 1 is 0.734 bits per heavy atom. The van der Waals surface area contributed by atoms with Gasteiger partial charge in [0.1, 0.15) is 10.0 Å². The summed E-state index contributed by atoms with van der Waals surface area (Å²) in [6.07, 6.45) is -5.40. The third-order valence-corrected chi connectivity index (χ3v) is 12.8. The number of aromatic nitrogens is 1. The highest BCUT2D eigenvalue weighted by Crippen LogP contribution is 2.39. The van der Waals surface area contributed by atoms with Crippen molar-refractivity contribution in [3.63, 3.8) is 0 Å². The van der Waals surface area contributed by atoms with Crippen molar-refractivity contribution in [2.24, 2.45) is 0 Å². The molecule has 2 saturated heterocycles. The van der Waals surface area contributed by atoms with E-state index in [-0.39, 0.29) is 99.2 Å². The van der Waals surface area contributed by atoms with Crippen LogP contribution in [0.5, 0.6) is 0 Å². The molecular formula is C47H74ClF3N10O17S. The van der Waals surface area contributed by atoms with Crippen LogP contribution in [0, 0.1) is 20.2 Å². The zero-order valence-electron chi connectivity index (χ0n) is 44.7. The summed E-state index contributed by atoms with van der Waals surface area (Å²) in [4.78, 5) is 69.0. The largest absolute Gasteiger partial charge is 0.449 e.